The number of benzene rings is 1. The Bertz CT molecular complexity index is 937. The normalized spacial score (nSPS) is 22.1. The van der Waals surface area contributed by atoms with Gasteiger partial charge in [0, 0.05) is 11.7 Å². The number of alkyl halides is 3. The molecule has 3 rings (SSSR count). The van der Waals surface area contributed by atoms with Crippen LogP contribution >= 0.6 is 0 Å². The molecule has 7 nitrogen and oxygen atoms in total. The molecule has 1 N–H and O–H groups in total. The largest absolute Gasteiger partial charge is 0.496 e. The predicted molar refractivity (Wildman–Crippen MR) is 103 cm³/mol. The van der Waals surface area contributed by atoms with Crippen molar-refractivity contribution in [1.82, 2.24) is 10.2 Å². The molecular formula is C21H23F3N2O5. The SMILES string of the molecule is COC(=O)C1=C(C)N(C2CCCC2)C(=O)[C@]1(NC(=O)c1ccccc1OC)C(F)(F)F. The zero-order valence-electron chi connectivity index (χ0n) is 17.3. The van der Waals surface area contributed by atoms with Gasteiger partial charge in [0.25, 0.3) is 17.4 Å². The van der Waals surface area contributed by atoms with Crippen molar-refractivity contribution in [2.45, 2.75) is 50.4 Å². The summed E-state index contributed by atoms with van der Waals surface area (Å²) in [6.45, 7) is 1.27. The van der Waals surface area contributed by atoms with Gasteiger partial charge >= 0.3 is 12.1 Å². The second kappa shape index (κ2) is 8.24. The summed E-state index contributed by atoms with van der Waals surface area (Å²) < 4.78 is 53.4. The highest BCUT2D eigenvalue weighted by Crippen LogP contribution is 2.47. The summed E-state index contributed by atoms with van der Waals surface area (Å²) in [4.78, 5) is 39.8. The van der Waals surface area contributed by atoms with Crippen molar-refractivity contribution in [2.75, 3.05) is 14.2 Å². The molecule has 0 bridgehead atoms. The molecule has 168 valence electrons. The molecule has 1 heterocycles. The molecule has 1 saturated carbocycles. The summed E-state index contributed by atoms with van der Waals surface area (Å²) in [6.07, 6.45) is -2.79. The first kappa shape index (κ1) is 22.6. The first-order valence-corrected chi connectivity index (χ1v) is 9.75. The van der Waals surface area contributed by atoms with E-state index in [-0.39, 0.29) is 17.0 Å². The van der Waals surface area contributed by atoms with E-state index < -0.39 is 41.1 Å². The Morgan fingerprint density at radius 1 is 1.16 bits per heavy atom. The Hall–Kier alpha value is -3.04. The molecule has 1 aromatic rings. The summed E-state index contributed by atoms with van der Waals surface area (Å²) in [5.74, 6) is -3.92. The number of ether oxygens (including phenoxy) is 2. The number of carbonyl (C=O) groups is 3. The van der Waals surface area contributed by atoms with Crippen LogP contribution in [0, 0.1) is 0 Å². The highest BCUT2D eigenvalue weighted by molar-refractivity contribution is 6.12. The quantitative estimate of drug-likeness (QED) is 0.712. The Morgan fingerprint density at radius 3 is 2.32 bits per heavy atom. The maximum Gasteiger partial charge on any atom is 0.425 e. The monoisotopic (exact) mass is 440 g/mol. The third-order valence-corrected chi connectivity index (χ3v) is 5.79. The van der Waals surface area contributed by atoms with Crippen molar-refractivity contribution < 1.29 is 37.0 Å². The van der Waals surface area contributed by atoms with Gasteiger partial charge in [0.1, 0.15) is 11.3 Å². The van der Waals surface area contributed by atoms with Gasteiger partial charge in [-0.3, -0.25) is 9.59 Å². The van der Waals surface area contributed by atoms with Crippen molar-refractivity contribution in [3.63, 3.8) is 0 Å². The molecule has 31 heavy (non-hydrogen) atoms. The summed E-state index contributed by atoms with van der Waals surface area (Å²) in [5, 5.41) is 1.83. The summed E-state index contributed by atoms with van der Waals surface area (Å²) in [6, 6.07) is 5.17. The molecule has 0 saturated heterocycles. The number of hydrogen-bond acceptors (Lipinski definition) is 5. The lowest BCUT2D eigenvalue weighted by atomic mass is 9.88. The number of carbonyl (C=O) groups excluding carboxylic acids is 3. The van der Waals surface area contributed by atoms with Gasteiger partial charge in [-0.05, 0) is 31.9 Å². The van der Waals surface area contributed by atoms with Crippen molar-refractivity contribution in [3.05, 3.63) is 41.1 Å². The van der Waals surface area contributed by atoms with Crippen LogP contribution in [0.2, 0.25) is 0 Å². The zero-order chi connectivity index (χ0) is 23.0. The molecule has 1 aliphatic carbocycles. The number of amides is 2. The lowest BCUT2D eigenvalue weighted by Gasteiger charge is -2.34. The number of hydrogen-bond donors (Lipinski definition) is 1. The average Bonchev–Trinajstić information content (AvgIpc) is 3.32. The fraction of sp³-hybridized carbons (Fsp3) is 0.476. The molecule has 0 spiro atoms. The lowest BCUT2D eigenvalue weighted by molar-refractivity contribution is -0.192. The van der Waals surface area contributed by atoms with Crippen LogP contribution in [-0.2, 0) is 14.3 Å². The number of esters is 1. The smallest absolute Gasteiger partial charge is 0.425 e. The van der Waals surface area contributed by atoms with Crippen molar-refractivity contribution >= 4 is 17.8 Å². The van der Waals surface area contributed by atoms with Crippen molar-refractivity contribution in [2.24, 2.45) is 0 Å². The minimum Gasteiger partial charge on any atom is -0.496 e. The maximum absolute atomic E-state index is 14.6. The van der Waals surface area contributed by atoms with Gasteiger partial charge in [0.2, 0.25) is 0 Å². The van der Waals surface area contributed by atoms with E-state index in [2.05, 4.69) is 4.74 Å². The Balaban J connectivity index is 2.17. The van der Waals surface area contributed by atoms with Crippen LogP contribution in [0.15, 0.2) is 35.5 Å². The fourth-order valence-electron chi connectivity index (χ4n) is 4.36. The van der Waals surface area contributed by atoms with E-state index >= 15 is 0 Å². The number of allylic oxidation sites excluding steroid dienone is 1. The topological polar surface area (TPSA) is 84.9 Å². The molecular weight excluding hydrogens is 417 g/mol. The molecule has 0 unspecified atom stereocenters. The minimum atomic E-state index is -5.31. The van der Waals surface area contributed by atoms with Crippen LogP contribution < -0.4 is 10.1 Å². The second-order valence-electron chi connectivity index (χ2n) is 7.47. The Labute approximate surface area is 177 Å². The first-order chi connectivity index (χ1) is 14.6. The highest BCUT2D eigenvalue weighted by atomic mass is 19.4. The van der Waals surface area contributed by atoms with E-state index in [0.29, 0.717) is 12.8 Å². The van der Waals surface area contributed by atoms with E-state index in [4.69, 9.17) is 4.74 Å². The fourth-order valence-corrected chi connectivity index (χ4v) is 4.36. The molecule has 2 aliphatic rings. The molecule has 1 aliphatic heterocycles. The average molecular weight is 440 g/mol. The van der Waals surface area contributed by atoms with Crippen molar-refractivity contribution in [1.29, 1.82) is 0 Å². The molecule has 0 radical (unpaired) electrons. The van der Waals surface area contributed by atoms with Gasteiger partial charge in [-0.15, -0.1) is 0 Å². The van der Waals surface area contributed by atoms with Gasteiger partial charge in [0.15, 0.2) is 0 Å². The van der Waals surface area contributed by atoms with Gasteiger partial charge in [0.05, 0.1) is 19.8 Å². The van der Waals surface area contributed by atoms with Crippen LogP contribution in [0.25, 0.3) is 0 Å². The number of nitrogens with one attached hydrogen (secondary N) is 1. The van der Waals surface area contributed by atoms with E-state index in [1.54, 1.807) is 6.07 Å². The zero-order valence-corrected chi connectivity index (χ0v) is 17.3. The molecule has 1 fully saturated rings. The highest BCUT2D eigenvalue weighted by Gasteiger charge is 2.71. The number of rotatable bonds is 5. The molecule has 0 aromatic heterocycles. The Morgan fingerprint density at radius 2 is 1.77 bits per heavy atom. The summed E-state index contributed by atoms with van der Waals surface area (Å²) in [5.41, 5.74) is -4.86. The number of nitrogens with zero attached hydrogens (tertiary/aromatic N) is 1. The van der Waals surface area contributed by atoms with Crippen LogP contribution in [0.3, 0.4) is 0 Å². The summed E-state index contributed by atoms with van der Waals surface area (Å²) >= 11 is 0. The molecule has 10 heteroatoms. The van der Waals surface area contributed by atoms with Crippen LogP contribution in [0.4, 0.5) is 13.2 Å². The van der Waals surface area contributed by atoms with E-state index in [9.17, 15) is 27.6 Å². The lowest BCUT2D eigenvalue weighted by Crippen LogP contribution is -2.66. The standard InChI is InChI=1S/C21H23F3N2O5/c1-12-16(18(28)31-3)20(21(22,23)24,19(29)26(12)13-8-4-5-9-13)25-17(27)14-10-6-7-11-15(14)30-2/h6-7,10-11,13H,4-5,8-9H2,1-3H3,(H,25,27)/t20-/m0/s1. The molecule has 1 atom stereocenters. The second-order valence-corrected chi connectivity index (χ2v) is 7.47. The van der Waals surface area contributed by atoms with Crippen LogP contribution in [-0.4, -0.2) is 54.7 Å². The number of halogens is 3. The molecule has 1 aromatic carbocycles. The maximum atomic E-state index is 14.6. The predicted octanol–water partition coefficient (Wildman–Crippen LogP) is 2.96. The number of para-hydroxylation sites is 1. The van der Waals surface area contributed by atoms with E-state index in [1.807, 2.05) is 5.32 Å². The van der Waals surface area contributed by atoms with E-state index in [1.165, 1.54) is 32.2 Å². The van der Waals surface area contributed by atoms with Crippen LogP contribution in [0.1, 0.15) is 43.0 Å². The Kier molecular flexibility index (Phi) is 6.02. The minimum absolute atomic E-state index is 0.0238. The van der Waals surface area contributed by atoms with Crippen LogP contribution in [0.5, 0.6) is 5.75 Å². The first-order valence-electron chi connectivity index (χ1n) is 9.75. The van der Waals surface area contributed by atoms with Crippen molar-refractivity contribution in [3.8, 4) is 5.75 Å². The van der Waals surface area contributed by atoms with Gasteiger partial charge in [-0.25, -0.2) is 4.79 Å². The van der Waals surface area contributed by atoms with Gasteiger partial charge in [-0.1, -0.05) is 25.0 Å². The third kappa shape index (κ3) is 3.53. The van der Waals surface area contributed by atoms with E-state index in [0.717, 1.165) is 24.9 Å². The van der Waals surface area contributed by atoms with Gasteiger partial charge < -0.3 is 19.7 Å². The summed E-state index contributed by atoms with van der Waals surface area (Å²) in [7, 11) is 2.19. The molecule has 2 amide bonds. The third-order valence-electron chi connectivity index (χ3n) is 5.79. The number of methoxy groups -OCH3 is 2. The van der Waals surface area contributed by atoms with Gasteiger partial charge in [-0.2, -0.15) is 13.2 Å².